The van der Waals surface area contributed by atoms with Gasteiger partial charge in [0.2, 0.25) is 0 Å². The highest BCUT2D eigenvalue weighted by atomic mass is 16.5. The number of hydrogen-bond donors (Lipinski definition) is 2. The molecule has 2 N–H and O–H groups in total. The fraction of sp³-hybridized carbons (Fsp3) is 0.211. The number of carbonyl (C=O) groups is 2. The van der Waals surface area contributed by atoms with E-state index in [2.05, 4.69) is 10.9 Å². The number of ether oxygens (including phenoxy) is 1. The maximum Gasteiger partial charge on any atom is 0.420 e. The standard InChI is InChI=1S/C19H19N3O5/c1-12-7-8-14(9-13(12)2)26-11-18(24)21-20-17(23)10-22-15-5-3-4-6-16(15)27-19(22)25/h3-9H,10-11H2,1-2H3,(H,20,23)(H,21,24). The maximum atomic E-state index is 12.0. The topological polar surface area (TPSA) is 103 Å². The summed E-state index contributed by atoms with van der Waals surface area (Å²) >= 11 is 0. The van der Waals surface area contributed by atoms with Crippen LogP contribution in [-0.2, 0) is 16.1 Å². The largest absolute Gasteiger partial charge is 0.484 e. The van der Waals surface area contributed by atoms with E-state index in [1.165, 1.54) is 4.57 Å². The van der Waals surface area contributed by atoms with Crippen LogP contribution in [0.2, 0.25) is 0 Å². The molecule has 0 unspecified atom stereocenters. The lowest BCUT2D eigenvalue weighted by molar-refractivity contribution is -0.130. The fourth-order valence-electron chi connectivity index (χ4n) is 2.47. The van der Waals surface area contributed by atoms with E-state index in [4.69, 9.17) is 9.15 Å². The Kier molecular flexibility index (Phi) is 5.25. The second-order valence-corrected chi connectivity index (χ2v) is 6.05. The molecule has 0 aliphatic heterocycles. The molecule has 27 heavy (non-hydrogen) atoms. The third-order valence-corrected chi connectivity index (χ3v) is 4.07. The number of amides is 2. The molecule has 1 aromatic heterocycles. The highest BCUT2D eigenvalue weighted by Crippen LogP contribution is 2.16. The summed E-state index contributed by atoms with van der Waals surface area (Å²) < 4.78 is 11.6. The third kappa shape index (κ3) is 4.35. The van der Waals surface area contributed by atoms with Gasteiger partial charge in [0, 0.05) is 0 Å². The number of oxazole rings is 1. The molecule has 2 aromatic carbocycles. The van der Waals surface area contributed by atoms with Crippen LogP contribution >= 0.6 is 0 Å². The molecule has 0 saturated carbocycles. The lowest BCUT2D eigenvalue weighted by atomic mass is 10.1. The Labute approximate surface area is 154 Å². The van der Waals surface area contributed by atoms with Crippen molar-refractivity contribution in [1.82, 2.24) is 15.4 Å². The number of hydrogen-bond acceptors (Lipinski definition) is 5. The number of rotatable bonds is 5. The average molecular weight is 369 g/mol. The fourth-order valence-corrected chi connectivity index (χ4v) is 2.47. The van der Waals surface area contributed by atoms with E-state index in [9.17, 15) is 14.4 Å². The number of benzene rings is 2. The van der Waals surface area contributed by atoms with Crippen LogP contribution in [-0.4, -0.2) is 23.0 Å². The molecule has 0 aliphatic carbocycles. The van der Waals surface area contributed by atoms with Gasteiger partial charge in [-0.3, -0.25) is 25.0 Å². The summed E-state index contributed by atoms with van der Waals surface area (Å²) in [4.78, 5) is 35.6. The Morgan fingerprint density at radius 1 is 1.04 bits per heavy atom. The van der Waals surface area contributed by atoms with Crippen LogP contribution in [0.25, 0.3) is 11.1 Å². The minimum Gasteiger partial charge on any atom is -0.484 e. The van der Waals surface area contributed by atoms with Crippen LogP contribution in [0.15, 0.2) is 51.7 Å². The summed E-state index contributed by atoms with van der Waals surface area (Å²) in [5.74, 6) is -1.17. The molecule has 2 amide bonds. The van der Waals surface area contributed by atoms with Crippen molar-refractivity contribution >= 4 is 22.9 Å². The average Bonchev–Trinajstić information content (AvgIpc) is 2.96. The van der Waals surface area contributed by atoms with Gasteiger partial charge in [-0.25, -0.2) is 4.79 Å². The number of para-hydroxylation sites is 2. The van der Waals surface area contributed by atoms with Crippen molar-refractivity contribution in [3.63, 3.8) is 0 Å². The summed E-state index contributed by atoms with van der Waals surface area (Å²) in [6.45, 7) is 3.39. The SMILES string of the molecule is Cc1ccc(OCC(=O)NNC(=O)Cn2c(=O)oc3ccccc32)cc1C. The Bertz CT molecular complexity index is 1050. The van der Waals surface area contributed by atoms with Gasteiger partial charge < -0.3 is 9.15 Å². The van der Waals surface area contributed by atoms with Gasteiger partial charge >= 0.3 is 5.76 Å². The smallest absolute Gasteiger partial charge is 0.420 e. The molecule has 8 heteroatoms. The second-order valence-electron chi connectivity index (χ2n) is 6.05. The first kappa shape index (κ1) is 18.2. The Morgan fingerprint density at radius 3 is 2.56 bits per heavy atom. The molecule has 0 spiro atoms. The van der Waals surface area contributed by atoms with Gasteiger partial charge in [0.1, 0.15) is 12.3 Å². The maximum absolute atomic E-state index is 12.0. The predicted molar refractivity (Wildman–Crippen MR) is 98.2 cm³/mol. The molecule has 3 aromatic rings. The molecular weight excluding hydrogens is 350 g/mol. The minimum atomic E-state index is -0.643. The first-order chi connectivity index (χ1) is 12.9. The molecule has 0 bridgehead atoms. The monoisotopic (exact) mass is 369 g/mol. The van der Waals surface area contributed by atoms with Gasteiger partial charge in [-0.2, -0.15) is 0 Å². The van der Waals surface area contributed by atoms with E-state index in [1.807, 2.05) is 26.0 Å². The van der Waals surface area contributed by atoms with Crippen LogP contribution in [0.1, 0.15) is 11.1 Å². The zero-order valence-electron chi connectivity index (χ0n) is 14.9. The van der Waals surface area contributed by atoms with Crippen LogP contribution < -0.4 is 21.3 Å². The first-order valence-corrected chi connectivity index (χ1v) is 8.30. The van der Waals surface area contributed by atoms with Gasteiger partial charge in [0.05, 0.1) is 5.52 Å². The summed E-state index contributed by atoms with van der Waals surface area (Å²) in [5.41, 5.74) is 7.57. The molecule has 0 radical (unpaired) electrons. The highest BCUT2D eigenvalue weighted by Gasteiger charge is 2.13. The molecule has 0 atom stereocenters. The molecule has 3 rings (SSSR count). The van der Waals surface area contributed by atoms with E-state index in [0.717, 1.165) is 11.1 Å². The zero-order valence-corrected chi connectivity index (χ0v) is 14.9. The van der Waals surface area contributed by atoms with Crippen molar-refractivity contribution in [2.75, 3.05) is 6.61 Å². The lowest BCUT2D eigenvalue weighted by Gasteiger charge is -2.10. The van der Waals surface area contributed by atoms with E-state index >= 15 is 0 Å². The summed E-state index contributed by atoms with van der Waals surface area (Å²) in [5, 5.41) is 0. The van der Waals surface area contributed by atoms with Gasteiger partial charge in [0.25, 0.3) is 11.8 Å². The number of carbonyl (C=O) groups excluding carboxylic acids is 2. The highest BCUT2D eigenvalue weighted by molar-refractivity contribution is 5.83. The van der Waals surface area contributed by atoms with Crippen molar-refractivity contribution in [2.45, 2.75) is 20.4 Å². The van der Waals surface area contributed by atoms with E-state index in [0.29, 0.717) is 16.8 Å². The normalized spacial score (nSPS) is 10.6. The lowest BCUT2D eigenvalue weighted by Crippen LogP contribution is -2.45. The molecule has 1 heterocycles. The molecule has 0 saturated heterocycles. The second kappa shape index (κ2) is 7.77. The van der Waals surface area contributed by atoms with Gasteiger partial charge in [0.15, 0.2) is 12.2 Å². The predicted octanol–water partition coefficient (Wildman–Crippen LogP) is 1.44. The molecule has 0 aliphatic rings. The van der Waals surface area contributed by atoms with E-state index in [-0.39, 0.29) is 13.2 Å². The van der Waals surface area contributed by atoms with Crippen molar-refractivity contribution in [3.05, 3.63) is 64.1 Å². The molecular formula is C19H19N3O5. The van der Waals surface area contributed by atoms with Gasteiger partial charge in [-0.1, -0.05) is 18.2 Å². The number of hydrazine groups is 1. The third-order valence-electron chi connectivity index (χ3n) is 4.07. The Hall–Kier alpha value is -3.55. The van der Waals surface area contributed by atoms with Crippen LogP contribution in [0, 0.1) is 13.8 Å². The number of aromatic nitrogens is 1. The molecule has 140 valence electrons. The number of fused-ring (bicyclic) bond motifs is 1. The number of aryl methyl sites for hydroxylation is 2. The Morgan fingerprint density at radius 2 is 1.78 bits per heavy atom. The van der Waals surface area contributed by atoms with Crippen molar-refractivity contribution in [3.8, 4) is 5.75 Å². The van der Waals surface area contributed by atoms with Crippen molar-refractivity contribution in [2.24, 2.45) is 0 Å². The van der Waals surface area contributed by atoms with E-state index < -0.39 is 17.6 Å². The summed E-state index contributed by atoms with van der Waals surface area (Å²) in [6, 6.07) is 12.3. The molecule has 0 fully saturated rings. The summed E-state index contributed by atoms with van der Waals surface area (Å²) in [7, 11) is 0. The Balaban J connectivity index is 1.51. The quantitative estimate of drug-likeness (QED) is 0.663. The minimum absolute atomic E-state index is 0.253. The van der Waals surface area contributed by atoms with Crippen molar-refractivity contribution in [1.29, 1.82) is 0 Å². The molecule has 8 nitrogen and oxygen atoms in total. The van der Waals surface area contributed by atoms with Crippen LogP contribution in [0.4, 0.5) is 0 Å². The number of nitrogens with one attached hydrogen (secondary N) is 2. The van der Waals surface area contributed by atoms with Gasteiger partial charge in [-0.15, -0.1) is 0 Å². The zero-order chi connectivity index (χ0) is 19.4. The van der Waals surface area contributed by atoms with Crippen LogP contribution in [0.3, 0.4) is 0 Å². The first-order valence-electron chi connectivity index (χ1n) is 8.30. The summed E-state index contributed by atoms with van der Waals surface area (Å²) in [6.07, 6.45) is 0. The van der Waals surface area contributed by atoms with E-state index in [1.54, 1.807) is 30.3 Å². The van der Waals surface area contributed by atoms with Crippen LogP contribution in [0.5, 0.6) is 5.75 Å². The van der Waals surface area contributed by atoms with Crippen molar-refractivity contribution < 1.29 is 18.7 Å². The number of nitrogens with zero attached hydrogens (tertiary/aromatic N) is 1. The van der Waals surface area contributed by atoms with Gasteiger partial charge in [-0.05, 0) is 49.2 Å².